The van der Waals surface area contributed by atoms with Crippen LogP contribution in [-0.2, 0) is 9.59 Å². The van der Waals surface area contributed by atoms with Crippen molar-refractivity contribution in [1.29, 1.82) is 0 Å². The van der Waals surface area contributed by atoms with Crippen LogP contribution in [0.15, 0.2) is 53.3 Å². The van der Waals surface area contributed by atoms with Gasteiger partial charge in [-0.2, -0.15) is 5.10 Å². The molecule has 0 aliphatic carbocycles. The SMILES string of the molecule is CC(=O)Nc1cc(-c2ccc(=O)n([C@@H](C)C(=O)Nc3c(F)cccc3F)n2)ccc1C. The van der Waals surface area contributed by atoms with E-state index in [0.717, 1.165) is 22.4 Å². The minimum Gasteiger partial charge on any atom is -0.326 e. The summed E-state index contributed by atoms with van der Waals surface area (Å²) in [7, 11) is 0. The maximum Gasteiger partial charge on any atom is 0.267 e. The number of para-hydroxylation sites is 1. The number of nitrogens with zero attached hydrogens (tertiary/aromatic N) is 2. The molecule has 0 bridgehead atoms. The van der Waals surface area contributed by atoms with Crippen LogP contribution < -0.4 is 16.2 Å². The summed E-state index contributed by atoms with van der Waals surface area (Å²) in [6.07, 6.45) is 0. The van der Waals surface area contributed by atoms with Gasteiger partial charge in [-0.05, 0) is 43.7 Å². The normalized spacial score (nSPS) is 11.6. The smallest absolute Gasteiger partial charge is 0.267 e. The molecule has 7 nitrogen and oxygen atoms in total. The van der Waals surface area contributed by atoms with Gasteiger partial charge in [-0.1, -0.05) is 18.2 Å². The molecule has 0 unspecified atom stereocenters. The number of anilines is 2. The summed E-state index contributed by atoms with van der Waals surface area (Å²) in [6, 6.07) is 10.0. The van der Waals surface area contributed by atoms with Gasteiger partial charge in [-0.3, -0.25) is 14.4 Å². The van der Waals surface area contributed by atoms with Crippen LogP contribution >= 0.6 is 0 Å². The molecular weight excluding hydrogens is 406 g/mol. The number of nitrogens with one attached hydrogen (secondary N) is 2. The first-order chi connectivity index (χ1) is 14.7. The third-order valence-corrected chi connectivity index (χ3v) is 4.63. The van der Waals surface area contributed by atoms with Crippen molar-refractivity contribution in [3.05, 3.63) is 76.1 Å². The van der Waals surface area contributed by atoms with E-state index in [4.69, 9.17) is 0 Å². The Balaban J connectivity index is 1.93. The fourth-order valence-corrected chi connectivity index (χ4v) is 2.92. The molecule has 0 aliphatic rings. The number of carbonyl (C=O) groups excluding carboxylic acids is 2. The molecule has 0 fully saturated rings. The first-order valence-corrected chi connectivity index (χ1v) is 9.40. The number of aryl methyl sites for hydroxylation is 1. The lowest BCUT2D eigenvalue weighted by molar-refractivity contribution is -0.119. The van der Waals surface area contributed by atoms with E-state index in [2.05, 4.69) is 15.7 Å². The van der Waals surface area contributed by atoms with E-state index in [0.29, 0.717) is 16.9 Å². The third-order valence-electron chi connectivity index (χ3n) is 4.63. The maximum absolute atomic E-state index is 13.8. The molecule has 3 aromatic rings. The molecule has 1 aromatic heterocycles. The fourth-order valence-electron chi connectivity index (χ4n) is 2.92. The Hall–Kier alpha value is -3.88. The molecule has 2 amide bonds. The Morgan fingerprint density at radius 2 is 1.71 bits per heavy atom. The van der Waals surface area contributed by atoms with Crippen LogP contribution in [0.25, 0.3) is 11.3 Å². The second-order valence-corrected chi connectivity index (χ2v) is 6.97. The van der Waals surface area contributed by atoms with Crippen molar-refractivity contribution < 1.29 is 18.4 Å². The van der Waals surface area contributed by atoms with Gasteiger partial charge in [0.1, 0.15) is 23.4 Å². The van der Waals surface area contributed by atoms with E-state index >= 15 is 0 Å². The highest BCUT2D eigenvalue weighted by molar-refractivity contribution is 5.93. The molecule has 0 spiro atoms. The summed E-state index contributed by atoms with van der Waals surface area (Å²) in [5, 5.41) is 9.13. The second kappa shape index (κ2) is 8.86. The topological polar surface area (TPSA) is 93.1 Å². The van der Waals surface area contributed by atoms with Crippen LogP contribution in [0.3, 0.4) is 0 Å². The summed E-state index contributed by atoms with van der Waals surface area (Å²) >= 11 is 0. The predicted octanol–water partition coefficient (Wildman–Crippen LogP) is 3.66. The molecule has 0 aliphatic heterocycles. The van der Waals surface area contributed by atoms with Crippen molar-refractivity contribution in [2.75, 3.05) is 10.6 Å². The zero-order valence-electron chi connectivity index (χ0n) is 17.1. The van der Waals surface area contributed by atoms with Crippen LogP contribution in [0, 0.1) is 18.6 Å². The van der Waals surface area contributed by atoms with Crippen molar-refractivity contribution in [3.63, 3.8) is 0 Å². The Kier molecular flexibility index (Phi) is 6.24. The number of rotatable bonds is 5. The number of aromatic nitrogens is 2. The molecule has 2 aromatic carbocycles. The standard InChI is InChI=1S/C22H20F2N4O3/c1-12-7-8-15(11-19(12)25-14(3)29)18-9-10-20(30)28(27-18)13(2)22(31)26-21-16(23)5-4-6-17(21)24/h4-11,13H,1-3H3,(H,25,29)(H,26,31)/t13-/m0/s1. The van der Waals surface area contributed by atoms with Crippen molar-refractivity contribution in [2.24, 2.45) is 0 Å². The summed E-state index contributed by atoms with van der Waals surface area (Å²) in [6.45, 7) is 4.62. The number of halogens is 2. The van der Waals surface area contributed by atoms with Crippen molar-refractivity contribution in [2.45, 2.75) is 26.8 Å². The average Bonchev–Trinajstić information content (AvgIpc) is 2.72. The molecule has 0 saturated carbocycles. The summed E-state index contributed by atoms with van der Waals surface area (Å²) in [4.78, 5) is 36.3. The molecule has 0 saturated heterocycles. The molecule has 0 radical (unpaired) electrons. The molecule has 31 heavy (non-hydrogen) atoms. The summed E-state index contributed by atoms with van der Waals surface area (Å²) in [5.41, 5.74) is 1.26. The highest BCUT2D eigenvalue weighted by Gasteiger charge is 2.21. The predicted molar refractivity (Wildman–Crippen MR) is 113 cm³/mol. The second-order valence-electron chi connectivity index (χ2n) is 6.97. The Bertz CT molecular complexity index is 1200. The van der Waals surface area contributed by atoms with E-state index < -0.39 is 34.8 Å². The van der Waals surface area contributed by atoms with Crippen LogP contribution in [0.1, 0.15) is 25.5 Å². The summed E-state index contributed by atoms with van der Waals surface area (Å²) < 4.78 is 28.6. The number of amides is 2. The Labute approximate surface area is 176 Å². The number of carbonyl (C=O) groups is 2. The fraction of sp³-hybridized carbons (Fsp3) is 0.182. The molecule has 9 heteroatoms. The lowest BCUT2D eigenvalue weighted by Gasteiger charge is -2.16. The van der Waals surface area contributed by atoms with Crippen molar-refractivity contribution in [1.82, 2.24) is 9.78 Å². The first-order valence-electron chi connectivity index (χ1n) is 9.40. The van der Waals surface area contributed by atoms with Crippen LogP contribution in [0.2, 0.25) is 0 Å². The van der Waals surface area contributed by atoms with Gasteiger partial charge < -0.3 is 10.6 Å². The van der Waals surface area contributed by atoms with Gasteiger partial charge in [0.15, 0.2) is 0 Å². The molecule has 1 heterocycles. The molecule has 2 N–H and O–H groups in total. The van der Waals surface area contributed by atoms with E-state index in [9.17, 15) is 23.2 Å². The van der Waals surface area contributed by atoms with Gasteiger partial charge in [-0.25, -0.2) is 13.5 Å². The van der Waals surface area contributed by atoms with Gasteiger partial charge in [0.2, 0.25) is 11.8 Å². The maximum atomic E-state index is 13.8. The lowest BCUT2D eigenvalue weighted by Crippen LogP contribution is -2.33. The number of hydrogen-bond donors (Lipinski definition) is 2. The van der Waals surface area contributed by atoms with E-state index in [1.807, 2.05) is 6.92 Å². The quantitative estimate of drug-likeness (QED) is 0.651. The molecule has 160 valence electrons. The molecule has 1 atom stereocenters. The third kappa shape index (κ3) is 4.82. The van der Waals surface area contributed by atoms with Crippen LogP contribution in [0.4, 0.5) is 20.2 Å². The van der Waals surface area contributed by atoms with E-state index in [-0.39, 0.29) is 5.91 Å². The van der Waals surface area contributed by atoms with Crippen molar-refractivity contribution >= 4 is 23.2 Å². The molecular formula is C22H20F2N4O3. The average molecular weight is 426 g/mol. The summed E-state index contributed by atoms with van der Waals surface area (Å²) in [5.74, 6) is -2.90. The minimum absolute atomic E-state index is 0.233. The van der Waals surface area contributed by atoms with E-state index in [1.165, 1.54) is 32.0 Å². The van der Waals surface area contributed by atoms with Gasteiger partial charge in [-0.15, -0.1) is 0 Å². The first kappa shape index (κ1) is 21.8. The van der Waals surface area contributed by atoms with Crippen molar-refractivity contribution in [3.8, 4) is 11.3 Å². The monoisotopic (exact) mass is 426 g/mol. The molecule has 3 rings (SSSR count). The number of benzene rings is 2. The van der Waals surface area contributed by atoms with Gasteiger partial charge in [0.25, 0.3) is 5.56 Å². The zero-order valence-corrected chi connectivity index (χ0v) is 17.1. The Morgan fingerprint density at radius 3 is 2.35 bits per heavy atom. The largest absolute Gasteiger partial charge is 0.326 e. The van der Waals surface area contributed by atoms with Gasteiger partial charge in [0, 0.05) is 24.2 Å². The van der Waals surface area contributed by atoms with E-state index in [1.54, 1.807) is 18.2 Å². The minimum atomic E-state index is -1.15. The highest BCUT2D eigenvalue weighted by atomic mass is 19.1. The van der Waals surface area contributed by atoms with Gasteiger partial charge in [0.05, 0.1) is 5.69 Å². The lowest BCUT2D eigenvalue weighted by atomic mass is 10.1. The number of hydrogen-bond acceptors (Lipinski definition) is 4. The highest BCUT2D eigenvalue weighted by Crippen LogP contribution is 2.24. The van der Waals surface area contributed by atoms with Gasteiger partial charge >= 0.3 is 0 Å². The van der Waals surface area contributed by atoms with Crippen LogP contribution in [0.5, 0.6) is 0 Å². The van der Waals surface area contributed by atoms with Crippen LogP contribution in [-0.4, -0.2) is 21.6 Å². The Morgan fingerprint density at radius 1 is 1.03 bits per heavy atom. The zero-order chi connectivity index (χ0) is 22.7.